The van der Waals surface area contributed by atoms with E-state index in [1.807, 2.05) is 37.8 Å². The van der Waals surface area contributed by atoms with Gasteiger partial charge in [0.2, 0.25) is 71.2 Å². The Bertz CT molecular complexity index is 5930. The molecular weight excluding hydrogens is 1680 g/mol. The summed E-state index contributed by atoms with van der Waals surface area (Å²) >= 11 is 0. The number of alkyl halides is 4. The first-order valence-electron chi connectivity index (χ1n) is 43.9. The molecule has 2 aliphatic carbocycles. The number of anilines is 9. The third kappa shape index (κ3) is 19.4. The largest absolute Gasteiger partial charge is 0.393 e. The van der Waals surface area contributed by atoms with E-state index in [1.165, 1.54) is 0 Å². The SMILES string of the molecule is CN(C)C1CCC(Nc2nc(N3CCC(F)C3)n3ncc(/C=C4\CC(=O)NC4=O)c3n2)CC1.O=C1C/C(=C\c2cnn3c(N4CCC(F)C4)nc(N4CCCOCC4)nc23)C(=O)N1.O=C1C/C(=C\c2cnn3c(N4CCC(F)C4)nc(N4CCN(c5ccccn5)CC4)nc23)C(=O)N1.O=C1C/C(=C\c2cnn3c(N4CCC(F)C4)nc(NC4CCC(O)CC4)nc23)C(=O)N1. The summed E-state index contributed by atoms with van der Waals surface area (Å²) < 4.78 is 67.7. The highest BCUT2D eigenvalue weighted by Crippen LogP contribution is 2.35. The number of pyridine rings is 1. The normalized spacial score (nSPS) is 25.3. The quantitative estimate of drug-likeness (QED) is 0.0414. The second-order valence-electron chi connectivity index (χ2n) is 34.3. The molecule has 10 saturated heterocycles. The van der Waals surface area contributed by atoms with Gasteiger partial charge in [-0.15, -0.1) is 0 Å². The Kier molecular flexibility index (Phi) is 25.1. The molecule has 2 saturated carbocycles. The van der Waals surface area contributed by atoms with Gasteiger partial charge in [-0.25, -0.2) is 22.5 Å². The molecule has 0 spiro atoms. The van der Waals surface area contributed by atoms with Crippen LogP contribution in [0.5, 0.6) is 0 Å². The van der Waals surface area contributed by atoms with E-state index in [0.29, 0.717) is 205 Å². The van der Waals surface area contributed by atoms with Gasteiger partial charge in [0.15, 0.2) is 22.6 Å². The van der Waals surface area contributed by atoms with Gasteiger partial charge in [-0.1, -0.05) is 6.07 Å². The third-order valence-electron chi connectivity index (χ3n) is 24.9. The standard InChI is InChI=1S/C23H24FN9O2.C22H29FN8O2.C20H24FN7O3.C19H22FN7O3/c24-17-4-6-32(14-17)23-29-22(31-9-7-30(8-10-31)18-3-1-2-5-25-18)28-20-16(13-26-33(20)23)11-15-12-19(34)27-21(15)35;1-29(2)17-5-3-16(4-6-17)25-21-27-19-14(9-13-10-18(32)26-20(13)33)11-24-31(19)22(28-21)30-8-7-15(23)12-30;21-13-5-6-27(10-13)20-26-19(23-14-1-3-15(29)4-2-14)25-17-12(9-22-28(17)20)7-11-8-16(30)24-18(11)31;20-14-2-4-26(11-14)19-24-18(25-3-1-6-30-7-5-25)23-16-13(10-21-27(16)19)8-12-9-15(28)22-17(12)29/h1-3,5,11,13,17H,4,6-10,12,14H2,(H,27,34,35);9,11,15-17H,3-8,10,12H2,1-2H3,(H,25,27)(H,26,32,33);7,9,13-15,29H,1-6,8,10H2,(H,23,25)(H,24,30,31);8,10,14H,1-7,9,11H2,(H,22,28,29)/b15-11+;13-9+;11-7+;12-8+. The maximum atomic E-state index is 14.1. The minimum atomic E-state index is -0.924. The van der Waals surface area contributed by atoms with Gasteiger partial charge < -0.3 is 59.7 Å². The van der Waals surface area contributed by atoms with Crippen molar-refractivity contribution in [3.63, 3.8) is 0 Å². The number of hydrogen-bond acceptors (Lipinski definition) is 33. The van der Waals surface area contributed by atoms with Crippen LogP contribution in [0.15, 0.2) is 71.5 Å². The Morgan fingerprint density at radius 1 is 0.403 bits per heavy atom. The number of amides is 8. The van der Waals surface area contributed by atoms with E-state index in [-0.39, 0.29) is 93.7 Å². The Balaban J connectivity index is 0.000000116. The van der Waals surface area contributed by atoms with Crippen molar-refractivity contribution in [3.05, 3.63) is 93.7 Å². The number of aliphatic hydroxyl groups is 1. The summed E-state index contributed by atoms with van der Waals surface area (Å²) in [6.07, 6.45) is 20.7. The molecule has 9 aromatic heterocycles. The summed E-state index contributed by atoms with van der Waals surface area (Å²) in [5, 5.41) is 43.4. The monoisotopic (exact) mass is 1780 g/mol. The molecule has 41 nitrogen and oxygen atoms in total. The second-order valence-corrected chi connectivity index (χ2v) is 34.3. The number of hydrogen-bond donors (Lipinski definition) is 7. The molecule has 0 radical (unpaired) electrons. The highest BCUT2D eigenvalue weighted by Gasteiger charge is 2.37. The van der Waals surface area contributed by atoms with E-state index in [0.717, 1.165) is 83.2 Å². The molecule has 4 unspecified atom stereocenters. The average molecular weight is 1780 g/mol. The van der Waals surface area contributed by atoms with Gasteiger partial charge in [0, 0.05) is 141 Å². The smallest absolute Gasteiger partial charge is 0.254 e. The van der Waals surface area contributed by atoms with Crippen LogP contribution in [0.2, 0.25) is 0 Å². The van der Waals surface area contributed by atoms with Gasteiger partial charge in [-0.2, -0.15) is 78.3 Å². The molecular formula is C84H99F4N31O10. The molecule has 129 heavy (non-hydrogen) atoms. The summed E-state index contributed by atoms with van der Waals surface area (Å²) in [7, 11) is 4.23. The highest BCUT2D eigenvalue weighted by atomic mass is 19.1. The molecule has 12 fully saturated rings. The molecule has 45 heteroatoms. The summed E-state index contributed by atoms with van der Waals surface area (Å²) in [6, 6.07) is 6.84. The first-order valence-corrected chi connectivity index (χ1v) is 43.9. The highest BCUT2D eigenvalue weighted by molar-refractivity contribution is 6.18. The number of nitrogens with one attached hydrogen (secondary N) is 6. The molecule has 12 aliphatic rings. The van der Waals surface area contributed by atoms with Crippen LogP contribution in [-0.2, 0) is 43.1 Å². The number of imide groups is 4. The van der Waals surface area contributed by atoms with Gasteiger partial charge in [0.25, 0.3) is 23.6 Å². The van der Waals surface area contributed by atoms with Crippen molar-refractivity contribution < 1.29 is 65.8 Å². The lowest BCUT2D eigenvalue weighted by Gasteiger charge is -2.35. The maximum absolute atomic E-state index is 14.1. The summed E-state index contributed by atoms with van der Waals surface area (Å²) in [6.45, 7) is 8.72. The summed E-state index contributed by atoms with van der Waals surface area (Å²) in [5.74, 6) is 1.99. The van der Waals surface area contributed by atoms with Crippen molar-refractivity contribution >= 4 is 148 Å². The van der Waals surface area contributed by atoms with Crippen molar-refractivity contribution in [1.29, 1.82) is 0 Å². The predicted octanol–water partition coefficient (Wildman–Crippen LogP) is 3.36. The van der Waals surface area contributed by atoms with E-state index < -0.39 is 48.3 Å². The van der Waals surface area contributed by atoms with Crippen LogP contribution in [0.25, 0.3) is 46.9 Å². The molecule has 10 aliphatic heterocycles. The Hall–Kier alpha value is -13.3. The van der Waals surface area contributed by atoms with Crippen molar-refractivity contribution in [1.82, 2.24) is 109 Å². The molecule has 4 atom stereocenters. The number of aliphatic hydroxyl groups excluding tert-OH is 1. The number of fused-ring (bicyclic) bond motifs is 4. The summed E-state index contributed by atoms with van der Waals surface area (Å²) in [4.78, 5) is 153. The average Bonchev–Trinajstić information content (AvgIpc) is 1.64. The molecule has 0 aromatic carbocycles. The van der Waals surface area contributed by atoms with Crippen LogP contribution < -0.4 is 66.2 Å². The maximum Gasteiger partial charge on any atom is 0.254 e. The van der Waals surface area contributed by atoms with Crippen molar-refractivity contribution in [2.45, 2.75) is 158 Å². The van der Waals surface area contributed by atoms with Gasteiger partial charge in [0.05, 0.1) is 89.4 Å². The number of rotatable bonds is 16. The topological polar surface area (TPSA) is 449 Å². The number of aromatic nitrogens is 17. The number of carbonyl (C=O) groups is 8. The molecule has 678 valence electrons. The van der Waals surface area contributed by atoms with Gasteiger partial charge in [0.1, 0.15) is 30.5 Å². The molecule has 19 heterocycles. The lowest BCUT2D eigenvalue weighted by atomic mass is 9.91. The van der Waals surface area contributed by atoms with Gasteiger partial charge in [-0.05, 0) is 134 Å². The zero-order valence-electron chi connectivity index (χ0n) is 71.2. The van der Waals surface area contributed by atoms with E-state index in [4.69, 9.17) is 34.6 Å². The van der Waals surface area contributed by atoms with Crippen molar-refractivity contribution in [2.24, 2.45) is 0 Å². The minimum Gasteiger partial charge on any atom is -0.393 e. The lowest BCUT2D eigenvalue weighted by Crippen LogP contribution is -2.47. The minimum absolute atomic E-state index is 0.0132. The number of ether oxygens (including phenoxy) is 1. The van der Waals surface area contributed by atoms with Crippen LogP contribution >= 0.6 is 0 Å². The predicted molar refractivity (Wildman–Crippen MR) is 465 cm³/mol. The van der Waals surface area contributed by atoms with E-state index in [1.54, 1.807) is 73.3 Å². The fraction of sp³-hybridized carbons (Fsp3) is 0.512. The number of nitrogens with zero attached hydrogens (tertiary/aromatic N) is 25. The Morgan fingerprint density at radius 2 is 0.760 bits per heavy atom. The van der Waals surface area contributed by atoms with Crippen LogP contribution in [0, 0.1) is 0 Å². The molecule has 8 amide bonds. The summed E-state index contributed by atoms with van der Waals surface area (Å²) in [5.41, 5.74) is 5.90. The molecule has 7 N–H and O–H groups in total. The molecule has 0 bridgehead atoms. The van der Waals surface area contributed by atoms with E-state index in [2.05, 4.69) is 101 Å². The number of carbonyl (C=O) groups excluding carboxylic acids is 8. The third-order valence-corrected chi connectivity index (χ3v) is 24.9. The van der Waals surface area contributed by atoms with Crippen molar-refractivity contribution in [3.8, 4) is 0 Å². The zero-order chi connectivity index (χ0) is 89.3. The van der Waals surface area contributed by atoms with Crippen molar-refractivity contribution in [2.75, 3.05) is 164 Å². The number of halogens is 4. The van der Waals surface area contributed by atoms with Crippen LogP contribution in [0.1, 0.15) is 131 Å². The van der Waals surface area contributed by atoms with Crippen LogP contribution in [-0.4, -0.2) is 308 Å². The molecule has 9 aromatic rings. The first-order chi connectivity index (χ1) is 62.5. The van der Waals surface area contributed by atoms with Crippen LogP contribution in [0.4, 0.5) is 71.0 Å². The number of piperazine rings is 1. The van der Waals surface area contributed by atoms with Gasteiger partial charge in [-0.3, -0.25) is 59.6 Å². The first kappa shape index (κ1) is 86.4. The fourth-order valence-electron chi connectivity index (χ4n) is 17.9. The zero-order valence-corrected chi connectivity index (χ0v) is 71.2. The second kappa shape index (κ2) is 37.5. The molecule has 21 rings (SSSR count). The van der Waals surface area contributed by atoms with E-state index >= 15 is 0 Å². The Labute approximate surface area is 735 Å². The Morgan fingerprint density at radius 3 is 1.10 bits per heavy atom. The van der Waals surface area contributed by atoms with Crippen LogP contribution in [0.3, 0.4) is 0 Å². The van der Waals surface area contributed by atoms with E-state index in [9.17, 15) is 61.0 Å². The lowest BCUT2D eigenvalue weighted by molar-refractivity contribution is -0.125. The van der Waals surface area contributed by atoms with Gasteiger partial charge >= 0.3 is 0 Å². The fourth-order valence-corrected chi connectivity index (χ4v) is 17.9.